The third-order valence-corrected chi connectivity index (χ3v) is 11.5. The Morgan fingerprint density at radius 1 is 0.851 bits per heavy atom. The Morgan fingerprint density at radius 3 is 2.04 bits per heavy atom. The van der Waals surface area contributed by atoms with E-state index in [-0.39, 0.29) is 75.1 Å². The van der Waals surface area contributed by atoms with E-state index in [9.17, 15) is 53.0 Å². The second-order valence-corrected chi connectivity index (χ2v) is 17.3. The van der Waals surface area contributed by atoms with Crippen LogP contribution in [0, 0.1) is 17.1 Å². The molecule has 13 N–H and O–H groups in total. The largest absolute Gasteiger partial charge is 0.508 e. The highest BCUT2D eigenvalue weighted by molar-refractivity contribution is 6.11. The van der Waals surface area contributed by atoms with Crippen LogP contribution in [0.3, 0.4) is 0 Å². The summed E-state index contributed by atoms with van der Waals surface area (Å²) in [5, 5.41) is 37.5. The number of nitrogens with one attached hydrogen (secondary N) is 5. The molecule has 2 heterocycles. The average molecular weight is 938 g/mol. The predicted molar refractivity (Wildman–Crippen MR) is 243 cm³/mol. The number of amides is 7. The molecule has 2 saturated heterocycles. The Hall–Kier alpha value is -6.52. The lowest BCUT2D eigenvalue weighted by Crippen LogP contribution is -2.58. The highest BCUT2D eigenvalue weighted by atomic mass is 19.1. The number of nitrogens with zero attached hydrogens (tertiary/aromatic N) is 3. The van der Waals surface area contributed by atoms with Gasteiger partial charge in [0.05, 0.1) is 31.2 Å². The van der Waals surface area contributed by atoms with Gasteiger partial charge in [0.1, 0.15) is 35.7 Å². The number of ketones is 1. The number of rotatable bonds is 22. The monoisotopic (exact) mass is 937 g/mol. The van der Waals surface area contributed by atoms with Crippen LogP contribution in [0.2, 0.25) is 0 Å². The summed E-state index contributed by atoms with van der Waals surface area (Å²) in [5.74, 6) is -7.18. The van der Waals surface area contributed by atoms with Crippen LogP contribution in [-0.2, 0) is 44.8 Å². The Balaban J connectivity index is 1.46. The SMILES string of the molecule is CC(C)C[C@H](NC(=O)[C@H]1CCCN1C(=O)[C@@H](N)Cc1ccc(O)cc1)C(=O)N[C@@H](CCCNC(=N)N)C(=O)N1CCC[C@H]1C(=O)CC(=O)NC(=O)[C@H](CO)N(C(=O)[C@H](C)N)c1ccc(F)cc1. The smallest absolute Gasteiger partial charge is 0.252 e. The lowest BCUT2D eigenvalue weighted by Gasteiger charge is -2.31. The van der Waals surface area contributed by atoms with Gasteiger partial charge in [-0.1, -0.05) is 26.0 Å². The summed E-state index contributed by atoms with van der Waals surface area (Å²) in [5.41, 5.74) is 18.2. The van der Waals surface area contributed by atoms with Gasteiger partial charge in [-0.15, -0.1) is 0 Å². The number of hydrogen-bond acceptors (Lipinski definition) is 13. The van der Waals surface area contributed by atoms with Gasteiger partial charge in [0, 0.05) is 25.3 Å². The van der Waals surface area contributed by atoms with Crippen molar-refractivity contribution in [2.45, 2.75) is 121 Å². The second-order valence-electron chi connectivity index (χ2n) is 17.3. The molecule has 0 bridgehead atoms. The van der Waals surface area contributed by atoms with E-state index in [2.05, 4.69) is 16.0 Å². The van der Waals surface area contributed by atoms with E-state index in [4.69, 9.17) is 22.6 Å². The number of carbonyl (C=O) groups is 8. The molecule has 7 amide bonds. The van der Waals surface area contributed by atoms with Gasteiger partial charge in [0.2, 0.25) is 35.4 Å². The van der Waals surface area contributed by atoms with Crippen molar-refractivity contribution in [3.05, 3.63) is 59.9 Å². The summed E-state index contributed by atoms with van der Waals surface area (Å²) >= 11 is 0. The van der Waals surface area contributed by atoms with Gasteiger partial charge in [-0.2, -0.15) is 0 Å². The van der Waals surface area contributed by atoms with Crippen molar-refractivity contribution in [3.8, 4) is 5.75 Å². The Kier molecular flexibility index (Phi) is 19.7. The lowest BCUT2D eigenvalue weighted by atomic mass is 10.0. The first-order valence-electron chi connectivity index (χ1n) is 22.4. The molecular weight excluding hydrogens is 874 g/mol. The molecule has 67 heavy (non-hydrogen) atoms. The molecule has 0 aliphatic carbocycles. The highest BCUT2D eigenvalue weighted by Gasteiger charge is 2.41. The number of hydrogen-bond donors (Lipinski definition) is 10. The maximum absolute atomic E-state index is 14.3. The lowest BCUT2D eigenvalue weighted by molar-refractivity contribution is -0.143. The van der Waals surface area contributed by atoms with Crippen molar-refractivity contribution >= 4 is 58.8 Å². The van der Waals surface area contributed by atoms with Gasteiger partial charge < -0.3 is 53.2 Å². The maximum Gasteiger partial charge on any atom is 0.252 e. The number of aliphatic hydroxyl groups excluding tert-OH is 1. The van der Waals surface area contributed by atoms with Crippen molar-refractivity contribution in [3.63, 3.8) is 0 Å². The molecule has 22 heteroatoms. The number of imide groups is 1. The predicted octanol–water partition coefficient (Wildman–Crippen LogP) is -0.995. The molecule has 4 rings (SSSR count). The van der Waals surface area contributed by atoms with Crippen LogP contribution in [0.25, 0.3) is 0 Å². The molecule has 366 valence electrons. The van der Waals surface area contributed by atoms with Crippen LogP contribution in [0.15, 0.2) is 48.5 Å². The third-order valence-electron chi connectivity index (χ3n) is 11.5. The van der Waals surface area contributed by atoms with E-state index < -0.39 is 108 Å². The maximum atomic E-state index is 14.3. The van der Waals surface area contributed by atoms with Crippen molar-refractivity contribution in [1.29, 1.82) is 5.41 Å². The van der Waals surface area contributed by atoms with E-state index in [1.165, 1.54) is 41.0 Å². The van der Waals surface area contributed by atoms with E-state index in [0.29, 0.717) is 24.8 Å². The van der Waals surface area contributed by atoms with Gasteiger partial charge >= 0.3 is 0 Å². The molecule has 0 radical (unpaired) electrons. The number of likely N-dealkylation sites (tertiary alicyclic amines) is 2. The molecule has 7 atom stereocenters. The van der Waals surface area contributed by atoms with Crippen molar-refractivity contribution in [2.24, 2.45) is 23.1 Å². The van der Waals surface area contributed by atoms with Crippen LogP contribution in [-0.4, -0.2) is 142 Å². The summed E-state index contributed by atoms with van der Waals surface area (Å²) in [6, 6.07) is 2.40. The molecule has 2 aliphatic heterocycles. The van der Waals surface area contributed by atoms with Gasteiger partial charge in [0.15, 0.2) is 11.7 Å². The number of aliphatic hydroxyl groups is 1. The van der Waals surface area contributed by atoms with Crippen LogP contribution >= 0.6 is 0 Å². The minimum absolute atomic E-state index is 0.00887. The minimum atomic E-state index is -1.70. The molecule has 21 nitrogen and oxygen atoms in total. The number of anilines is 1. The van der Waals surface area contributed by atoms with Gasteiger partial charge in [-0.3, -0.25) is 54.0 Å². The Bertz CT molecular complexity index is 2110. The summed E-state index contributed by atoms with van der Waals surface area (Å²) in [6.45, 7) is 4.55. The topological polar surface area (TPSA) is 337 Å². The molecule has 0 unspecified atom stereocenters. The number of nitrogens with two attached hydrogens (primary N) is 3. The van der Waals surface area contributed by atoms with Gasteiger partial charge in [0.25, 0.3) is 5.91 Å². The molecule has 0 spiro atoms. The second kappa shape index (κ2) is 24.8. The van der Waals surface area contributed by atoms with Gasteiger partial charge in [-0.05, 0) is 106 Å². The van der Waals surface area contributed by atoms with Crippen LogP contribution in [0.1, 0.15) is 77.7 Å². The Morgan fingerprint density at radius 2 is 1.46 bits per heavy atom. The Labute approximate surface area is 388 Å². The first-order chi connectivity index (χ1) is 31.7. The molecule has 2 aromatic rings. The summed E-state index contributed by atoms with van der Waals surface area (Å²) in [4.78, 5) is 113. The number of halogens is 1. The van der Waals surface area contributed by atoms with E-state index in [1.807, 2.05) is 19.2 Å². The zero-order valence-corrected chi connectivity index (χ0v) is 38.0. The number of carbonyl (C=O) groups excluding carboxylic acids is 8. The molecule has 2 fully saturated rings. The van der Waals surface area contributed by atoms with E-state index in [1.54, 1.807) is 12.1 Å². The fourth-order valence-corrected chi connectivity index (χ4v) is 8.19. The number of benzene rings is 2. The molecule has 2 aliphatic rings. The van der Waals surface area contributed by atoms with Crippen LogP contribution in [0.4, 0.5) is 10.1 Å². The standard InChI is InChI=1S/C45H64FN11O10/c1-25(2)21-33(53-40(63)35-9-6-20-56(35)43(66)31(48)22-27-10-16-30(59)17-11-27)39(62)52-32(7-4-18-51-45(49)50)44(67)55-19-5-8-34(55)37(60)23-38(61)54-41(64)36(24-58)57(42(65)26(3)47)29-14-12-28(46)13-15-29/h10-17,25-26,31-36,58-59H,4-9,18-24,47-48H2,1-3H3,(H,52,62)(H,53,63)(H4,49,50,51)(H,54,61,64)/t26-,31-,32-,33-,34-,35+,36-/m0/s1. The fraction of sp³-hybridized carbons (Fsp3) is 0.533. The van der Waals surface area contributed by atoms with Crippen LogP contribution in [0.5, 0.6) is 5.75 Å². The molecule has 2 aromatic carbocycles. The number of Topliss-reactive ketones (excluding diaryl/α,β-unsaturated/α-hetero) is 1. The van der Waals surface area contributed by atoms with Crippen LogP contribution < -0.4 is 43.4 Å². The summed E-state index contributed by atoms with van der Waals surface area (Å²) in [6.07, 6.45) is 1.03. The molecule has 0 aromatic heterocycles. The first-order valence-corrected chi connectivity index (χ1v) is 22.4. The zero-order valence-electron chi connectivity index (χ0n) is 38.0. The van der Waals surface area contributed by atoms with Crippen molar-refractivity contribution < 1.29 is 53.0 Å². The van der Waals surface area contributed by atoms with Crippen molar-refractivity contribution in [2.75, 3.05) is 31.1 Å². The quantitative estimate of drug-likeness (QED) is 0.0293. The number of phenols is 1. The fourth-order valence-electron chi connectivity index (χ4n) is 8.19. The zero-order chi connectivity index (χ0) is 49.5. The highest BCUT2D eigenvalue weighted by Crippen LogP contribution is 2.24. The summed E-state index contributed by atoms with van der Waals surface area (Å²) < 4.78 is 13.7. The van der Waals surface area contributed by atoms with Gasteiger partial charge in [-0.25, -0.2) is 4.39 Å². The minimum Gasteiger partial charge on any atom is -0.508 e. The molecular formula is C45H64FN11O10. The third kappa shape index (κ3) is 15.0. The van der Waals surface area contributed by atoms with E-state index in [0.717, 1.165) is 17.0 Å². The van der Waals surface area contributed by atoms with Crippen molar-refractivity contribution in [1.82, 2.24) is 31.1 Å². The number of aromatic hydroxyl groups is 1. The average Bonchev–Trinajstić information content (AvgIpc) is 3.98. The number of phenolic OH excluding ortho intramolecular Hbond substituents is 1. The van der Waals surface area contributed by atoms with E-state index >= 15 is 0 Å². The number of guanidine groups is 1. The first kappa shape index (κ1) is 53.1. The summed E-state index contributed by atoms with van der Waals surface area (Å²) in [7, 11) is 0. The normalized spacial score (nSPS) is 18.0. The molecule has 0 saturated carbocycles.